The highest BCUT2D eigenvalue weighted by molar-refractivity contribution is 8.00. The number of carbonyl (C=O) groups is 2. The molecule has 3 aromatic rings. The van der Waals surface area contributed by atoms with Crippen LogP contribution in [0.3, 0.4) is 0 Å². The zero-order chi connectivity index (χ0) is 24.4. The molecule has 0 bridgehead atoms. The summed E-state index contributed by atoms with van der Waals surface area (Å²) in [5, 5.41) is 4.01. The van der Waals surface area contributed by atoms with E-state index in [2.05, 4.69) is 10.3 Å². The number of sulfonamides is 1. The molecule has 11 heteroatoms. The van der Waals surface area contributed by atoms with E-state index in [0.717, 1.165) is 21.4 Å². The number of rotatable bonds is 7. The zero-order valence-corrected chi connectivity index (χ0v) is 20.7. The van der Waals surface area contributed by atoms with Crippen LogP contribution in [0, 0.1) is 0 Å². The van der Waals surface area contributed by atoms with Gasteiger partial charge in [0.1, 0.15) is 6.54 Å². The minimum absolute atomic E-state index is 0.109. The summed E-state index contributed by atoms with van der Waals surface area (Å²) in [5.41, 5.74) is 2.60. The molecular weight excluding hydrogens is 488 g/mol. The Labute approximate surface area is 207 Å². The number of aromatic amines is 1. The highest BCUT2D eigenvalue weighted by atomic mass is 32.2. The number of anilines is 1. The van der Waals surface area contributed by atoms with E-state index in [4.69, 9.17) is 4.74 Å². The molecule has 0 saturated carbocycles. The Kier molecular flexibility index (Phi) is 6.83. The first-order valence-electron chi connectivity index (χ1n) is 11.4. The summed E-state index contributed by atoms with van der Waals surface area (Å²) < 4.78 is 32.9. The van der Waals surface area contributed by atoms with Crippen LogP contribution in [0.5, 0.6) is 0 Å². The maximum atomic E-state index is 13.1. The van der Waals surface area contributed by atoms with Crippen molar-refractivity contribution in [3.63, 3.8) is 0 Å². The van der Waals surface area contributed by atoms with E-state index in [0.29, 0.717) is 31.9 Å². The molecule has 2 aliphatic heterocycles. The predicted octanol–water partition coefficient (Wildman–Crippen LogP) is 1.99. The second-order valence-electron chi connectivity index (χ2n) is 8.37. The van der Waals surface area contributed by atoms with Gasteiger partial charge in [0.15, 0.2) is 0 Å². The summed E-state index contributed by atoms with van der Waals surface area (Å²) in [6.07, 6.45) is 2.59. The van der Waals surface area contributed by atoms with Gasteiger partial charge in [-0.1, -0.05) is 18.2 Å². The lowest BCUT2D eigenvalue weighted by atomic mass is 10.1. The molecule has 9 nitrogen and oxygen atoms in total. The molecule has 2 aliphatic rings. The van der Waals surface area contributed by atoms with E-state index < -0.39 is 10.0 Å². The van der Waals surface area contributed by atoms with Crippen molar-refractivity contribution in [2.24, 2.45) is 0 Å². The highest BCUT2D eigenvalue weighted by Gasteiger charge is 2.31. The number of nitrogens with zero attached hydrogens (tertiary/aromatic N) is 2. The van der Waals surface area contributed by atoms with Crippen molar-refractivity contribution in [1.29, 1.82) is 0 Å². The van der Waals surface area contributed by atoms with Gasteiger partial charge in [0.25, 0.3) is 0 Å². The van der Waals surface area contributed by atoms with E-state index in [9.17, 15) is 18.0 Å². The van der Waals surface area contributed by atoms with Crippen molar-refractivity contribution in [3.8, 4) is 0 Å². The summed E-state index contributed by atoms with van der Waals surface area (Å²) in [4.78, 5) is 30.9. The average molecular weight is 515 g/mol. The van der Waals surface area contributed by atoms with Crippen molar-refractivity contribution in [1.82, 2.24) is 14.6 Å². The third kappa shape index (κ3) is 4.94. The number of H-pyrrole nitrogens is 1. The largest absolute Gasteiger partial charge is 0.379 e. The second-order valence-corrected chi connectivity index (χ2v) is 11.3. The number of benzene rings is 2. The summed E-state index contributed by atoms with van der Waals surface area (Å²) in [6.45, 7) is 1.54. The van der Waals surface area contributed by atoms with E-state index in [1.165, 1.54) is 27.0 Å². The molecule has 1 fully saturated rings. The Morgan fingerprint density at radius 3 is 2.77 bits per heavy atom. The lowest BCUT2D eigenvalue weighted by molar-refractivity contribution is -0.122. The number of carbonyl (C=O) groups excluding carboxylic acids is 2. The molecule has 1 aromatic heterocycles. The number of aromatic nitrogens is 1. The normalized spacial score (nSPS) is 16.9. The minimum Gasteiger partial charge on any atom is -0.379 e. The fourth-order valence-corrected chi connectivity index (χ4v) is 6.67. The van der Waals surface area contributed by atoms with Crippen molar-refractivity contribution >= 4 is 50.2 Å². The van der Waals surface area contributed by atoms with Crippen LogP contribution >= 0.6 is 11.8 Å². The SMILES string of the molecule is O=C(CN1C(=O)CSc2ccc(S(=O)(=O)N3CCOCC3)cc21)NCCc1c[nH]c2ccccc12. The zero-order valence-electron chi connectivity index (χ0n) is 19.0. The predicted molar refractivity (Wildman–Crippen MR) is 134 cm³/mol. The molecule has 0 aliphatic carbocycles. The molecule has 184 valence electrons. The van der Waals surface area contributed by atoms with Crippen molar-refractivity contribution in [2.75, 3.05) is 50.0 Å². The lowest BCUT2D eigenvalue weighted by Crippen LogP contribution is -2.44. The van der Waals surface area contributed by atoms with Crippen LogP contribution in [-0.2, 0) is 30.8 Å². The average Bonchev–Trinajstić information content (AvgIpc) is 3.29. The van der Waals surface area contributed by atoms with Crippen LogP contribution in [-0.4, -0.2) is 74.7 Å². The van der Waals surface area contributed by atoms with E-state index >= 15 is 0 Å². The quantitative estimate of drug-likeness (QED) is 0.499. The van der Waals surface area contributed by atoms with Gasteiger partial charge >= 0.3 is 0 Å². The lowest BCUT2D eigenvalue weighted by Gasteiger charge is -2.30. The molecule has 0 unspecified atom stereocenters. The van der Waals surface area contributed by atoms with Gasteiger partial charge in [0.05, 0.1) is 29.5 Å². The third-order valence-electron chi connectivity index (χ3n) is 6.17. The van der Waals surface area contributed by atoms with Crippen LogP contribution in [0.4, 0.5) is 5.69 Å². The van der Waals surface area contributed by atoms with Crippen molar-refractivity contribution in [2.45, 2.75) is 16.2 Å². The Morgan fingerprint density at radius 1 is 1.14 bits per heavy atom. The van der Waals surface area contributed by atoms with Gasteiger partial charge < -0.3 is 19.9 Å². The number of para-hydroxylation sites is 1. The number of hydrogen-bond donors (Lipinski definition) is 2. The molecule has 0 atom stereocenters. The third-order valence-corrected chi connectivity index (χ3v) is 9.12. The smallest absolute Gasteiger partial charge is 0.243 e. The van der Waals surface area contributed by atoms with Gasteiger partial charge in [0.2, 0.25) is 21.8 Å². The van der Waals surface area contributed by atoms with Crippen LogP contribution < -0.4 is 10.2 Å². The molecule has 0 radical (unpaired) electrons. The van der Waals surface area contributed by atoms with Crippen molar-refractivity contribution in [3.05, 3.63) is 54.2 Å². The minimum atomic E-state index is -3.72. The highest BCUT2D eigenvalue weighted by Crippen LogP contribution is 2.37. The molecule has 5 rings (SSSR count). The number of thioether (sulfide) groups is 1. The molecule has 35 heavy (non-hydrogen) atoms. The fraction of sp³-hybridized carbons (Fsp3) is 0.333. The standard InChI is InChI=1S/C24H26N4O5S2/c29-23(25-8-7-17-14-26-20-4-2-1-3-19(17)20)15-28-21-13-18(5-6-22(21)34-16-24(28)30)35(31,32)27-9-11-33-12-10-27/h1-6,13-14,26H,7-12,15-16H2,(H,25,29). The molecule has 3 heterocycles. The number of hydrogen-bond acceptors (Lipinski definition) is 6. The van der Waals surface area contributed by atoms with Crippen LogP contribution in [0.25, 0.3) is 10.9 Å². The molecule has 2 amide bonds. The topological polar surface area (TPSA) is 112 Å². The Hall–Kier alpha value is -2.86. The van der Waals surface area contributed by atoms with Crippen LogP contribution in [0.2, 0.25) is 0 Å². The number of morpholine rings is 1. The fourth-order valence-electron chi connectivity index (χ4n) is 4.33. The van der Waals surface area contributed by atoms with E-state index in [1.54, 1.807) is 12.1 Å². The number of nitrogens with one attached hydrogen (secondary N) is 2. The Balaban J connectivity index is 1.28. The van der Waals surface area contributed by atoms with Gasteiger partial charge in [-0.15, -0.1) is 11.8 Å². The molecule has 0 spiro atoms. The van der Waals surface area contributed by atoms with Gasteiger partial charge in [-0.25, -0.2) is 8.42 Å². The molecular formula is C24H26N4O5S2. The maximum Gasteiger partial charge on any atom is 0.243 e. The van der Waals surface area contributed by atoms with Gasteiger partial charge in [0, 0.05) is 41.6 Å². The molecule has 2 N–H and O–H groups in total. The van der Waals surface area contributed by atoms with Crippen LogP contribution in [0.1, 0.15) is 5.56 Å². The molecule has 1 saturated heterocycles. The monoisotopic (exact) mass is 514 g/mol. The first-order chi connectivity index (χ1) is 16.9. The molecule has 2 aromatic carbocycles. The van der Waals surface area contributed by atoms with E-state index in [1.807, 2.05) is 30.5 Å². The van der Waals surface area contributed by atoms with Gasteiger partial charge in [-0.05, 0) is 36.2 Å². The Morgan fingerprint density at radius 2 is 1.94 bits per heavy atom. The summed E-state index contributed by atoms with van der Waals surface area (Å²) >= 11 is 1.34. The van der Waals surface area contributed by atoms with E-state index in [-0.39, 0.29) is 42.1 Å². The Bertz CT molecular complexity index is 1370. The summed E-state index contributed by atoms with van der Waals surface area (Å²) in [5.74, 6) is -0.321. The first-order valence-corrected chi connectivity index (χ1v) is 13.8. The summed E-state index contributed by atoms with van der Waals surface area (Å²) in [6, 6.07) is 12.8. The van der Waals surface area contributed by atoms with Gasteiger partial charge in [-0.2, -0.15) is 4.31 Å². The maximum absolute atomic E-state index is 13.1. The van der Waals surface area contributed by atoms with Crippen LogP contribution in [0.15, 0.2) is 58.5 Å². The van der Waals surface area contributed by atoms with Gasteiger partial charge in [-0.3, -0.25) is 9.59 Å². The number of amides is 2. The van der Waals surface area contributed by atoms with Crippen molar-refractivity contribution < 1.29 is 22.7 Å². The second kappa shape index (κ2) is 10.0. The first kappa shape index (κ1) is 23.9. The summed E-state index contributed by atoms with van der Waals surface area (Å²) in [7, 11) is -3.72. The number of fused-ring (bicyclic) bond motifs is 2. The number of ether oxygens (including phenoxy) is 1.